The number of nitrogens with zero attached hydrogens (tertiary/aromatic N) is 2. The van der Waals surface area contributed by atoms with E-state index in [1.807, 2.05) is 38.1 Å². The van der Waals surface area contributed by atoms with Gasteiger partial charge in [-0.05, 0) is 56.0 Å². The number of methoxy groups -OCH3 is 4. The van der Waals surface area contributed by atoms with Crippen LogP contribution in [0, 0.1) is 6.92 Å². The third kappa shape index (κ3) is 8.52. The number of benzene rings is 3. The normalized spacial score (nSPS) is 14.0. The average molecular weight is 682 g/mol. The quantitative estimate of drug-likeness (QED) is 0.224. The number of rotatable bonds is 15. The first-order valence-corrected chi connectivity index (χ1v) is 17.6. The van der Waals surface area contributed by atoms with Crippen molar-refractivity contribution in [3.8, 4) is 23.0 Å². The van der Waals surface area contributed by atoms with Crippen LogP contribution < -0.4 is 28.6 Å². The molecule has 260 valence electrons. The largest absolute Gasteiger partial charge is 0.497 e. The van der Waals surface area contributed by atoms with Crippen molar-refractivity contribution in [2.24, 2.45) is 0 Å². The van der Waals surface area contributed by atoms with Crippen molar-refractivity contribution in [3.05, 3.63) is 71.8 Å². The van der Waals surface area contributed by atoms with Gasteiger partial charge >= 0.3 is 0 Å². The van der Waals surface area contributed by atoms with Crippen LogP contribution in [0.4, 0.5) is 5.69 Å². The lowest BCUT2D eigenvalue weighted by atomic mass is 9.95. The molecule has 1 aliphatic carbocycles. The third-order valence-corrected chi connectivity index (χ3v) is 10.4. The number of ether oxygens (including phenoxy) is 4. The van der Waals surface area contributed by atoms with Gasteiger partial charge in [0.2, 0.25) is 11.8 Å². The van der Waals surface area contributed by atoms with Crippen LogP contribution in [0.15, 0.2) is 65.6 Å². The van der Waals surface area contributed by atoms with Crippen molar-refractivity contribution in [3.63, 3.8) is 0 Å². The summed E-state index contributed by atoms with van der Waals surface area (Å²) in [5.74, 6) is 0.305. The van der Waals surface area contributed by atoms with E-state index in [2.05, 4.69) is 5.32 Å². The molecular formula is C36H47N3O8S. The molecule has 0 saturated heterocycles. The summed E-state index contributed by atoms with van der Waals surface area (Å²) in [5, 5.41) is 3.17. The summed E-state index contributed by atoms with van der Waals surface area (Å²) in [5.41, 5.74) is 1.96. The molecule has 2 amide bonds. The first-order chi connectivity index (χ1) is 23.1. The van der Waals surface area contributed by atoms with Crippen LogP contribution in [-0.4, -0.2) is 72.2 Å². The maximum Gasteiger partial charge on any atom is 0.265 e. The first-order valence-electron chi connectivity index (χ1n) is 16.2. The zero-order valence-corrected chi connectivity index (χ0v) is 29.5. The Bertz CT molecular complexity index is 1660. The molecule has 0 radical (unpaired) electrons. The van der Waals surface area contributed by atoms with Crippen LogP contribution in [0.1, 0.15) is 56.6 Å². The zero-order chi connectivity index (χ0) is 34.8. The number of hydrogen-bond acceptors (Lipinski definition) is 8. The van der Waals surface area contributed by atoms with Gasteiger partial charge in [0.05, 0.1) is 39.0 Å². The molecule has 1 aliphatic rings. The Kier molecular flexibility index (Phi) is 12.6. The lowest BCUT2D eigenvalue weighted by molar-refractivity contribution is -0.140. The molecule has 1 atom stereocenters. The highest BCUT2D eigenvalue weighted by atomic mass is 32.2. The number of carbonyl (C=O) groups is 2. The second-order valence-electron chi connectivity index (χ2n) is 11.8. The van der Waals surface area contributed by atoms with Crippen LogP contribution in [0.25, 0.3) is 0 Å². The monoisotopic (exact) mass is 681 g/mol. The molecule has 0 spiro atoms. The van der Waals surface area contributed by atoms with E-state index in [9.17, 15) is 18.0 Å². The predicted octanol–water partition coefficient (Wildman–Crippen LogP) is 5.48. The smallest absolute Gasteiger partial charge is 0.265 e. The van der Waals surface area contributed by atoms with E-state index in [0.717, 1.165) is 47.5 Å². The number of anilines is 1. The van der Waals surface area contributed by atoms with Crippen molar-refractivity contribution in [2.75, 3.05) is 39.3 Å². The number of amides is 2. The van der Waals surface area contributed by atoms with Gasteiger partial charge in [-0.1, -0.05) is 56.0 Å². The SMILES string of the molecule is CC[C@H](C(=O)NC1CCCCC1)N(Cc1ccc(C)cc1)C(=O)CN(c1cc(OC)ccc1OC)S(=O)(=O)c1ccc(OC)c(OC)c1. The summed E-state index contributed by atoms with van der Waals surface area (Å²) < 4.78 is 51.8. The van der Waals surface area contributed by atoms with E-state index in [-0.39, 0.29) is 40.6 Å². The fourth-order valence-electron chi connectivity index (χ4n) is 5.96. The minimum atomic E-state index is -4.44. The van der Waals surface area contributed by atoms with Crippen LogP contribution in [0.3, 0.4) is 0 Å². The molecule has 1 fully saturated rings. The molecule has 0 unspecified atom stereocenters. The van der Waals surface area contributed by atoms with Gasteiger partial charge in [-0.15, -0.1) is 0 Å². The van der Waals surface area contributed by atoms with Crippen molar-refractivity contribution < 1.29 is 37.0 Å². The van der Waals surface area contributed by atoms with Crippen molar-refractivity contribution in [1.29, 1.82) is 0 Å². The van der Waals surface area contributed by atoms with Crippen LogP contribution >= 0.6 is 0 Å². The lowest BCUT2D eigenvalue weighted by Gasteiger charge is -2.34. The van der Waals surface area contributed by atoms with Crippen molar-refractivity contribution in [1.82, 2.24) is 10.2 Å². The molecule has 12 heteroatoms. The van der Waals surface area contributed by atoms with E-state index in [0.29, 0.717) is 17.9 Å². The summed E-state index contributed by atoms with van der Waals surface area (Å²) in [6.45, 7) is 3.30. The molecule has 0 bridgehead atoms. The van der Waals surface area contributed by atoms with E-state index >= 15 is 0 Å². The van der Waals surface area contributed by atoms with Gasteiger partial charge in [-0.3, -0.25) is 13.9 Å². The molecule has 4 rings (SSSR count). The Morgan fingerprint density at radius 2 is 1.48 bits per heavy atom. The summed E-state index contributed by atoms with van der Waals surface area (Å²) in [7, 11) is 1.31. The van der Waals surface area contributed by atoms with Gasteiger partial charge < -0.3 is 29.2 Å². The van der Waals surface area contributed by atoms with E-state index in [4.69, 9.17) is 18.9 Å². The molecule has 48 heavy (non-hydrogen) atoms. The molecule has 1 N–H and O–H groups in total. The lowest BCUT2D eigenvalue weighted by Crippen LogP contribution is -2.54. The first kappa shape index (κ1) is 36.4. The molecule has 0 aliphatic heterocycles. The molecule has 0 aromatic heterocycles. The maximum absolute atomic E-state index is 14.6. The summed E-state index contributed by atoms with van der Waals surface area (Å²) in [6.07, 6.45) is 5.33. The number of nitrogens with one attached hydrogen (secondary N) is 1. The maximum atomic E-state index is 14.6. The molecule has 1 saturated carbocycles. The minimum Gasteiger partial charge on any atom is -0.497 e. The standard InChI is InChI=1S/C36H47N3O8S/c1-7-30(36(41)37-27-11-9-8-10-12-27)38(23-26-15-13-25(2)14-16-26)35(40)24-39(31-21-28(44-3)17-19-32(31)45-4)48(42,43)29-18-20-33(46-5)34(22-29)47-6/h13-22,27,30H,7-12,23-24H2,1-6H3,(H,37,41)/t30-/m1/s1. The Balaban J connectivity index is 1.81. The van der Waals surface area contributed by atoms with Crippen molar-refractivity contribution in [2.45, 2.75) is 75.9 Å². The zero-order valence-electron chi connectivity index (χ0n) is 28.7. The van der Waals surface area contributed by atoms with Crippen LogP contribution in [-0.2, 0) is 26.2 Å². The highest BCUT2D eigenvalue weighted by Gasteiger charge is 2.36. The second-order valence-corrected chi connectivity index (χ2v) is 13.7. The molecular weight excluding hydrogens is 634 g/mol. The Labute approximate surface area is 284 Å². The Morgan fingerprint density at radius 1 is 0.833 bits per heavy atom. The number of sulfonamides is 1. The fourth-order valence-corrected chi connectivity index (χ4v) is 7.40. The molecule has 0 heterocycles. The Morgan fingerprint density at radius 3 is 2.08 bits per heavy atom. The van der Waals surface area contributed by atoms with Gasteiger partial charge in [0, 0.05) is 24.7 Å². The summed E-state index contributed by atoms with van der Waals surface area (Å²) >= 11 is 0. The average Bonchev–Trinajstić information content (AvgIpc) is 3.10. The minimum absolute atomic E-state index is 0.0413. The van der Waals surface area contributed by atoms with Crippen LogP contribution in [0.2, 0.25) is 0 Å². The van der Waals surface area contributed by atoms with Crippen molar-refractivity contribution >= 4 is 27.5 Å². The van der Waals surface area contributed by atoms with Gasteiger partial charge in [-0.25, -0.2) is 8.42 Å². The second kappa shape index (κ2) is 16.6. The van der Waals surface area contributed by atoms with E-state index in [1.165, 1.54) is 57.6 Å². The van der Waals surface area contributed by atoms with Gasteiger partial charge in [0.25, 0.3) is 10.0 Å². The summed E-state index contributed by atoms with van der Waals surface area (Å²) in [4.78, 5) is 29.7. The van der Waals surface area contributed by atoms with E-state index < -0.39 is 28.5 Å². The van der Waals surface area contributed by atoms with Crippen LogP contribution in [0.5, 0.6) is 23.0 Å². The van der Waals surface area contributed by atoms with Gasteiger partial charge in [0.15, 0.2) is 11.5 Å². The Hall–Kier alpha value is -4.45. The number of aryl methyl sites for hydroxylation is 1. The fraction of sp³-hybridized carbons (Fsp3) is 0.444. The molecule has 3 aromatic rings. The molecule has 11 nitrogen and oxygen atoms in total. The highest BCUT2D eigenvalue weighted by molar-refractivity contribution is 7.92. The topological polar surface area (TPSA) is 124 Å². The van der Waals surface area contributed by atoms with Gasteiger partial charge in [-0.2, -0.15) is 0 Å². The van der Waals surface area contributed by atoms with Gasteiger partial charge in [0.1, 0.15) is 24.1 Å². The third-order valence-electron chi connectivity index (χ3n) is 8.69. The highest BCUT2D eigenvalue weighted by Crippen LogP contribution is 2.38. The van der Waals surface area contributed by atoms with E-state index in [1.54, 1.807) is 12.1 Å². The summed E-state index contributed by atoms with van der Waals surface area (Å²) in [6, 6.07) is 15.8. The molecule has 3 aromatic carbocycles. The predicted molar refractivity (Wildman–Crippen MR) is 184 cm³/mol. The number of carbonyl (C=O) groups excluding carboxylic acids is 2. The number of hydrogen-bond donors (Lipinski definition) is 1.